The molecule has 90 valence electrons. The monoisotopic (exact) mass is 233 g/mol. The van der Waals surface area contributed by atoms with Gasteiger partial charge in [0.15, 0.2) is 0 Å². The van der Waals surface area contributed by atoms with Crippen LogP contribution >= 0.6 is 0 Å². The molecule has 1 aromatic carbocycles. The second-order valence-electron chi connectivity index (χ2n) is 4.35. The lowest BCUT2D eigenvalue weighted by molar-refractivity contribution is 0.0626. The minimum atomic E-state index is -1.06. The first-order chi connectivity index (χ1) is 8.11. The number of hydrogen-bond donors (Lipinski definition) is 1. The lowest BCUT2D eigenvalue weighted by Crippen LogP contribution is -2.41. The molecule has 0 unspecified atom stereocenters. The van der Waals surface area contributed by atoms with Crippen molar-refractivity contribution in [1.82, 2.24) is 4.90 Å². The van der Waals surface area contributed by atoms with Gasteiger partial charge in [0.05, 0.1) is 11.1 Å². The fourth-order valence-corrected chi connectivity index (χ4v) is 1.99. The van der Waals surface area contributed by atoms with Gasteiger partial charge in [-0.3, -0.25) is 4.79 Å². The van der Waals surface area contributed by atoms with Gasteiger partial charge in [-0.15, -0.1) is 0 Å². The SMILES string of the molecule is CN(C(=O)c1ccccc1C(=O)O)C1CCC1. The van der Waals surface area contributed by atoms with Crippen molar-refractivity contribution < 1.29 is 14.7 Å². The van der Waals surface area contributed by atoms with Gasteiger partial charge in [-0.2, -0.15) is 0 Å². The van der Waals surface area contributed by atoms with Crippen LogP contribution in [-0.2, 0) is 0 Å². The average molecular weight is 233 g/mol. The molecule has 0 aromatic heterocycles. The molecule has 0 heterocycles. The summed E-state index contributed by atoms with van der Waals surface area (Å²) in [5.74, 6) is -1.26. The van der Waals surface area contributed by atoms with E-state index in [9.17, 15) is 9.59 Å². The molecule has 4 heteroatoms. The number of amides is 1. The summed E-state index contributed by atoms with van der Waals surface area (Å²) in [6, 6.07) is 6.62. The summed E-state index contributed by atoms with van der Waals surface area (Å²) >= 11 is 0. The van der Waals surface area contributed by atoms with Gasteiger partial charge in [-0.1, -0.05) is 12.1 Å². The lowest BCUT2D eigenvalue weighted by atomic mass is 9.91. The van der Waals surface area contributed by atoms with E-state index in [1.807, 2.05) is 0 Å². The summed E-state index contributed by atoms with van der Waals surface area (Å²) in [6.07, 6.45) is 3.16. The van der Waals surface area contributed by atoms with E-state index >= 15 is 0 Å². The standard InChI is InChI=1S/C13H15NO3/c1-14(9-5-4-6-9)12(15)10-7-2-3-8-11(10)13(16)17/h2-3,7-9H,4-6H2,1H3,(H,16,17). The number of aromatic carboxylic acids is 1. The fraction of sp³-hybridized carbons (Fsp3) is 0.385. The molecule has 1 aliphatic carbocycles. The highest BCUT2D eigenvalue weighted by molar-refractivity contribution is 6.04. The number of carboxylic acid groups (broad SMARTS) is 1. The largest absolute Gasteiger partial charge is 0.478 e. The molecular formula is C13H15NO3. The Kier molecular flexibility index (Phi) is 3.13. The van der Waals surface area contributed by atoms with Crippen LogP contribution in [0.25, 0.3) is 0 Å². The zero-order valence-electron chi connectivity index (χ0n) is 9.72. The van der Waals surface area contributed by atoms with E-state index in [0.717, 1.165) is 19.3 Å². The Balaban J connectivity index is 2.26. The summed E-state index contributed by atoms with van der Waals surface area (Å²) in [5, 5.41) is 9.04. The third kappa shape index (κ3) is 2.16. The van der Waals surface area contributed by atoms with E-state index in [1.165, 1.54) is 6.07 Å². The molecule has 0 aliphatic heterocycles. The zero-order valence-corrected chi connectivity index (χ0v) is 9.72. The van der Waals surface area contributed by atoms with E-state index in [-0.39, 0.29) is 23.1 Å². The average Bonchev–Trinajstić information content (AvgIpc) is 2.25. The molecule has 1 fully saturated rings. The van der Waals surface area contributed by atoms with Crippen LogP contribution < -0.4 is 0 Å². The van der Waals surface area contributed by atoms with Crippen molar-refractivity contribution in [1.29, 1.82) is 0 Å². The Morgan fingerprint density at radius 1 is 1.24 bits per heavy atom. The van der Waals surface area contributed by atoms with Gasteiger partial charge < -0.3 is 10.0 Å². The van der Waals surface area contributed by atoms with Crippen molar-refractivity contribution in [2.75, 3.05) is 7.05 Å². The van der Waals surface area contributed by atoms with E-state index in [0.29, 0.717) is 0 Å². The molecule has 0 bridgehead atoms. The molecule has 1 N–H and O–H groups in total. The lowest BCUT2D eigenvalue weighted by Gasteiger charge is -2.35. The maximum absolute atomic E-state index is 12.2. The van der Waals surface area contributed by atoms with Gasteiger partial charge in [0.2, 0.25) is 0 Å². The van der Waals surface area contributed by atoms with Crippen LogP contribution in [0.5, 0.6) is 0 Å². The van der Waals surface area contributed by atoms with Crippen LogP contribution in [0.4, 0.5) is 0 Å². The molecule has 2 rings (SSSR count). The molecule has 0 atom stereocenters. The maximum Gasteiger partial charge on any atom is 0.336 e. The molecule has 1 aromatic rings. The second-order valence-corrected chi connectivity index (χ2v) is 4.35. The molecular weight excluding hydrogens is 218 g/mol. The summed E-state index contributed by atoms with van der Waals surface area (Å²) in [6.45, 7) is 0. The van der Waals surface area contributed by atoms with Crippen LogP contribution in [0.3, 0.4) is 0 Å². The van der Waals surface area contributed by atoms with Gasteiger partial charge in [0.25, 0.3) is 5.91 Å². The Labute approximate surface area is 99.9 Å². The Hall–Kier alpha value is -1.84. The van der Waals surface area contributed by atoms with Crippen molar-refractivity contribution >= 4 is 11.9 Å². The number of nitrogens with zero attached hydrogens (tertiary/aromatic N) is 1. The van der Waals surface area contributed by atoms with Crippen molar-refractivity contribution in [3.8, 4) is 0 Å². The molecule has 1 aliphatic rings. The molecule has 0 saturated heterocycles. The minimum Gasteiger partial charge on any atom is -0.478 e. The van der Waals surface area contributed by atoms with E-state index < -0.39 is 5.97 Å². The fourth-order valence-electron chi connectivity index (χ4n) is 1.99. The molecule has 17 heavy (non-hydrogen) atoms. The number of hydrogen-bond acceptors (Lipinski definition) is 2. The van der Waals surface area contributed by atoms with E-state index in [2.05, 4.69) is 0 Å². The van der Waals surface area contributed by atoms with E-state index in [4.69, 9.17) is 5.11 Å². The number of rotatable bonds is 3. The molecule has 1 amide bonds. The normalized spacial score (nSPS) is 15.1. The maximum atomic E-state index is 12.2. The summed E-state index contributed by atoms with van der Waals surface area (Å²) in [7, 11) is 1.74. The van der Waals surface area contributed by atoms with Crippen molar-refractivity contribution in [3.05, 3.63) is 35.4 Å². The topological polar surface area (TPSA) is 57.6 Å². The van der Waals surface area contributed by atoms with Crippen LogP contribution in [0.15, 0.2) is 24.3 Å². The van der Waals surface area contributed by atoms with Crippen molar-refractivity contribution in [3.63, 3.8) is 0 Å². The van der Waals surface area contributed by atoms with Gasteiger partial charge >= 0.3 is 5.97 Å². The van der Waals surface area contributed by atoms with Crippen molar-refractivity contribution in [2.45, 2.75) is 25.3 Å². The molecule has 4 nitrogen and oxygen atoms in total. The van der Waals surface area contributed by atoms with Gasteiger partial charge in [-0.05, 0) is 31.4 Å². The summed E-state index contributed by atoms with van der Waals surface area (Å²) in [5.41, 5.74) is 0.345. The number of carbonyl (C=O) groups is 2. The third-order valence-corrected chi connectivity index (χ3v) is 3.33. The molecule has 0 spiro atoms. The Morgan fingerprint density at radius 3 is 2.29 bits per heavy atom. The highest BCUT2D eigenvalue weighted by atomic mass is 16.4. The molecule has 1 saturated carbocycles. The number of carboxylic acids is 1. The first kappa shape index (κ1) is 11.6. The molecule has 0 radical (unpaired) electrons. The first-order valence-electron chi connectivity index (χ1n) is 5.70. The van der Waals surface area contributed by atoms with Crippen LogP contribution in [-0.4, -0.2) is 35.0 Å². The van der Waals surface area contributed by atoms with Crippen LogP contribution in [0.1, 0.15) is 40.0 Å². The summed E-state index contributed by atoms with van der Waals surface area (Å²) in [4.78, 5) is 24.9. The predicted molar refractivity (Wildman–Crippen MR) is 63.1 cm³/mol. The summed E-state index contributed by atoms with van der Waals surface area (Å²) < 4.78 is 0. The van der Waals surface area contributed by atoms with Crippen LogP contribution in [0.2, 0.25) is 0 Å². The van der Waals surface area contributed by atoms with Crippen molar-refractivity contribution in [2.24, 2.45) is 0 Å². The third-order valence-electron chi connectivity index (χ3n) is 3.33. The zero-order chi connectivity index (χ0) is 12.4. The highest BCUT2D eigenvalue weighted by Crippen LogP contribution is 2.25. The quantitative estimate of drug-likeness (QED) is 0.868. The number of carbonyl (C=O) groups excluding carboxylic acids is 1. The van der Waals surface area contributed by atoms with Gasteiger partial charge in [0, 0.05) is 13.1 Å². The van der Waals surface area contributed by atoms with Gasteiger partial charge in [-0.25, -0.2) is 4.79 Å². The smallest absolute Gasteiger partial charge is 0.336 e. The van der Waals surface area contributed by atoms with Crippen LogP contribution in [0, 0.1) is 0 Å². The van der Waals surface area contributed by atoms with Gasteiger partial charge in [0.1, 0.15) is 0 Å². The Bertz CT molecular complexity index is 452. The Morgan fingerprint density at radius 2 is 1.82 bits per heavy atom. The highest BCUT2D eigenvalue weighted by Gasteiger charge is 2.28. The number of benzene rings is 1. The minimum absolute atomic E-state index is 0.0728. The first-order valence-corrected chi connectivity index (χ1v) is 5.70. The van der Waals surface area contributed by atoms with E-state index in [1.54, 1.807) is 30.1 Å². The second kappa shape index (κ2) is 4.57. The predicted octanol–water partition coefficient (Wildman–Crippen LogP) is 2.01.